The lowest BCUT2D eigenvalue weighted by atomic mass is 10.0. The lowest BCUT2D eigenvalue weighted by molar-refractivity contribution is -0.113. The molecule has 1 aromatic carbocycles. The van der Waals surface area contributed by atoms with E-state index in [1.165, 1.54) is 24.1 Å². The van der Waals surface area contributed by atoms with Crippen LogP contribution in [0, 0.1) is 0 Å². The number of amides is 2. The zero-order chi connectivity index (χ0) is 22.6. The number of anilines is 1. The predicted molar refractivity (Wildman–Crippen MR) is 114 cm³/mol. The van der Waals surface area contributed by atoms with Gasteiger partial charge >= 0.3 is 12.1 Å². The normalized spacial score (nSPS) is 13.3. The molecule has 0 saturated carbocycles. The summed E-state index contributed by atoms with van der Waals surface area (Å²) in [7, 11) is -2.61. The highest BCUT2D eigenvalue weighted by atomic mass is 32.2. The zero-order valence-electron chi connectivity index (χ0n) is 17.0. The smallest absolute Gasteiger partial charge is 0.410 e. The van der Waals surface area contributed by atoms with Crippen LogP contribution in [0.1, 0.15) is 27.7 Å². The van der Waals surface area contributed by atoms with Crippen molar-refractivity contribution in [1.82, 2.24) is 4.90 Å². The average molecular weight is 467 g/mol. The van der Waals surface area contributed by atoms with Crippen molar-refractivity contribution in [1.29, 1.82) is 0 Å². The summed E-state index contributed by atoms with van der Waals surface area (Å²) < 4.78 is 34.8. The first kappa shape index (κ1) is 22.8. The van der Waals surface area contributed by atoms with Crippen LogP contribution in [0.2, 0.25) is 0 Å². The molecule has 1 N–H and O–H groups in total. The number of fused-ring (bicyclic) bond motifs is 1. The summed E-state index contributed by atoms with van der Waals surface area (Å²) in [6, 6.07) is 7.65. The third kappa shape index (κ3) is 5.05. The Morgan fingerprint density at radius 1 is 1.19 bits per heavy atom. The molecule has 0 unspecified atom stereocenters. The molecule has 11 heteroatoms. The van der Waals surface area contributed by atoms with Crippen LogP contribution < -0.4 is 5.32 Å². The minimum absolute atomic E-state index is 0.0360. The van der Waals surface area contributed by atoms with Gasteiger partial charge in [0.15, 0.2) is 9.84 Å². The molecule has 1 aliphatic rings. The fourth-order valence-corrected chi connectivity index (χ4v) is 5.65. The topological polar surface area (TPSA) is 119 Å². The molecule has 31 heavy (non-hydrogen) atoms. The summed E-state index contributed by atoms with van der Waals surface area (Å²) in [5, 5.41) is 2.75. The standard InChI is InChI=1S/C20H22N2O7S2/c1-3-29-20(25)22-10-9-14-15(11-22)30-18(17(14)19(24)28-2)21-16(23)12-31(26,27)13-7-5-4-6-8-13/h4-8H,3,9-12H2,1-2H3,(H,21,23). The summed E-state index contributed by atoms with van der Waals surface area (Å²) in [6.07, 6.45) is -0.0755. The number of methoxy groups -OCH3 is 1. The number of carbonyl (C=O) groups excluding carboxylic acids is 3. The van der Waals surface area contributed by atoms with Gasteiger partial charge in [-0.25, -0.2) is 18.0 Å². The zero-order valence-corrected chi connectivity index (χ0v) is 18.7. The number of nitrogens with zero attached hydrogens (tertiary/aromatic N) is 1. The van der Waals surface area contributed by atoms with Crippen molar-refractivity contribution in [2.24, 2.45) is 0 Å². The number of carbonyl (C=O) groups is 3. The largest absolute Gasteiger partial charge is 0.465 e. The van der Waals surface area contributed by atoms with Crippen LogP contribution in [0.15, 0.2) is 35.2 Å². The van der Waals surface area contributed by atoms with E-state index in [1.807, 2.05) is 0 Å². The molecule has 0 aliphatic carbocycles. The number of sulfone groups is 1. The van der Waals surface area contributed by atoms with Crippen LogP contribution in [0.25, 0.3) is 0 Å². The number of benzene rings is 1. The third-order valence-electron chi connectivity index (χ3n) is 4.65. The van der Waals surface area contributed by atoms with E-state index in [9.17, 15) is 22.8 Å². The minimum Gasteiger partial charge on any atom is -0.465 e. The van der Waals surface area contributed by atoms with Crippen molar-refractivity contribution >= 4 is 44.1 Å². The van der Waals surface area contributed by atoms with Gasteiger partial charge in [0, 0.05) is 11.4 Å². The van der Waals surface area contributed by atoms with Gasteiger partial charge in [-0.05, 0) is 31.0 Å². The van der Waals surface area contributed by atoms with E-state index in [1.54, 1.807) is 25.1 Å². The summed E-state index contributed by atoms with van der Waals surface area (Å²) >= 11 is 1.12. The van der Waals surface area contributed by atoms with Crippen LogP contribution >= 0.6 is 11.3 Å². The highest BCUT2D eigenvalue weighted by Crippen LogP contribution is 2.37. The second-order valence-electron chi connectivity index (χ2n) is 6.69. The van der Waals surface area contributed by atoms with E-state index >= 15 is 0 Å². The molecule has 1 aliphatic heterocycles. The van der Waals surface area contributed by atoms with Gasteiger partial charge in [0.25, 0.3) is 0 Å². The van der Waals surface area contributed by atoms with Gasteiger partial charge < -0.3 is 19.7 Å². The van der Waals surface area contributed by atoms with E-state index in [0.29, 0.717) is 23.4 Å². The second kappa shape index (κ2) is 9.48. The maximum absolute atomic E-state index is 12.5. The van der Waals surface area contributed by atoms with Crippen molar-refractivity contribution in [2.45, 2.75) is 24.8 Å². The molecule has 166 valence electrons. The number of hydrogen-bond acceptors (Lipinski definition) is 8. The van der Waals surface area contributed by atoms with E-state index in [0.717, 1.165) is 11.3 Å². The third-order valence-corrected chi connectivity index (χ3v) is 7.41. The molecule has 0 bridgehead atoms. The maximum atomic E-state index is 12.5. The van der Waals surface area contributed by atoms with Crippen molar-refractivity contribution in [3.63, 3.8) is 0 Å². The Labute approximate surface area is 183 Å². The first-order chi connectivity index (χ1) is 14.8. The van der Waals surface area contributed by atoms with Gasteiger partial charge in [0.2, 0.25) is 5.91 Å². The second-order valence-corrected chi connectivity index (χ2v) is 9.79. The molecule has 1 aromatic heterocycles. The average Bonchev–Trinajstić information content (AvgIpc) is 3.10. The van der Waals surface area contributed by atoms with Crippen LogP contribution in [-0.4, -0.2) is 57.3 Å². The fraction of sp³-hybridized carbons (Fsp3) is 0.350. The minimum atomic E-state index is -3.84. The molecule has 9 nitrogen and oxygen atoms in total. The molecule has 3 rings (SSSR count). The molecule has 2 heterocycles. The molecule has 2 aromatic rings. The van der Waals surface area contributed by atoms with Gasteiger partial charge in [-0.1, -0.05) is 18.2 Å². The first-order valence-electron chi connectivity index (χ1n) is 9.49. The highest BCUT2D eigenvalue weighted by Gasteiger charge is 2.32. The quantitative estimate of drug-likeness (QED) is 0.650. The van der Waals surface area contributed by atoms with Crippen LogP contribution in [-0.2, 0) is 37.1 Å². The van der Waals surface area contributed by atoms with Crippen molar-refractivity contribution in [3.05, 3.63) is 46.3 Å². The Bertz CT molecular complexity index is 1090. The predicted octanol–water partition coefficient (Wildman–Crippen LogP) is 2.46. The van der Waals surface area contributed by atoms with Gasteiger partial charge in [-0.2, -0.15) is 0 Å². The van der Waals surface area contributed by atoms with Crippen LogP contribution in [0.5, 0.6) is 0 Å². The summed E-state index contributed by atoms with van der Waals surface area (Å²) in [5.41, 5.74) is 0.870. The van der Waals surface area contributed by atoms with Gasteiger partial charge in [0.1, 0.15) is 10.8 Å². The highest BCUT2D eigenvalue weighted by molar-refractivity contribution is 7.92. The van der Waals surface area contributed by atoms with Crippen LogP contribution in [0.3, 0.4) is 0 Å². The lowest BCUT2D eigenvalue weighted by Gasteiger charge is -2.26. The van der Waals surface area contributed by atoms with E-state index < -0.39 is 33.6 Å². The van der Waals surface area contributed by atoms with Crippen molar-refractivity contribution < 1.29 is 32.3 Å². The molecule has 0 spiro atoms. The van der Waals surface area contributed by atoms with Gasteiger partial charge in [-0.15, -0.1) is 11.3 Å². The Kier molecular flexibility index (Phi) is 6.96. The number of esters is 1. The summed E-state index contributed by atoms with van der Waals surface area (Å²) in [5.74, 6) is -2.17. The number of ether oxygens (including phenoxy) is 2. The first-order valence-corrected chi connectivity index (χ1v) is 12.0. The molecule has 2 amide bonds. The molecule has 0 atom stereocenters. The molecular formula is C20H22N2O7S2. The Morgan fingerprint density at radius 3 is 2.55 bits per heavy atom. The SMILES string of the molecule is CCOC(=O)N1CCc2c(sc(NC(=O)CS(=O)(=O)c3ccccc3)c2C(=O)OC)C1. The molecule has 0 fully saturated rings. The number of thiophene rings is 1. The van der Waals surface area contributed by atoms with Gasteiger partial charge in [-0.3, -0.25) is 4.79 Å². The van der Waals surface area contributed by atoms with Crippen LogP contribution in [0.4, 0.5) is 9.80 Å². The fourth-order valence-electron chi connectivity index (χ4n) is 3.23. The van der Waals surface area contributed by atoms with Gasteiger partial charge in [0.05, 0.1) is 30.7 Å². The van der Waals surface area contributed by atoms with Crippen molar-refractivity contribution in [3.8, 4) is 0 Å². The number of hydrogen-bond donors (Lipinski definition) is 1. The monoisotopic (exact) mass is 466 g/mol. The van der Waals surface area contributed by atoms with E-state index in [2.05, 4.69) is 5.32 Å². The van der Waals surface area contributed by atoms with E-state index in [-0.39, 0.29) is 28.6 Å². The van der Waals surface area contributed by atoms with Crippen molar-refractivity contribution in [2.75, 3.05) is 31.3 Å². The Hall–Kier alpha value is -2.92. The Morgan fingerprint density at radius 2 is 1.90 bits per heavy atom. The van der Waals surface area contributed by atoms with E-state index in [4.69, 9.17) is 9.47 Å². The number of rotatable bonds is 6. The molecular weight excluding hydrogens is 444 g/mol. The maximum Gasteiger partial charge on any atom is 0.410 e. The Balaban J connectivity index is 1.83. The number of nitrogens with one attached hydrogen (secondary N) is 1. The summed E-state index contributed by atoms with van der Waals surface area (Å²) in [4.78, 5) is 39.2. The molecule has 0 saturated heterocycles. The lowest BCUT2D eigenvalue weighted by Crippen LogP contribution is -2.36. The molecule has 0 radical (unpaired) electrons. The summed E-state index contributed by atoms with van der Waals surface area (Å²) in [6.45, 7) is 2.53.